The second-order valence-electron chi connectivity index (χ2n) is 12.8. The predicted molar refractivity (Wildman–Crippen MR) is 187 cm³/mol. The molecule has 3 aromatic heterocycles. The average molecular weight is 652 g/mol. The van der Waals surface area contributed by atoms with Crippen molar-refractivity contribution in [2.75, 3.05) is 7.11 Å². The van der Waals surface area contributed by atoms with Gasteiger partial charge in [0.25, 0.3) is 5.56 Å². The molecule has 0 saturated carbocycles. The highest BCUT2D eigenvalue weighted by Gasteiger charge is 2.24. The van der Waals surface area contributed by atoms with Gasteiger partial charge in [-0.2, -0.15) is 15.2 Å². The largest absolute Gasteiger partial charge is 0.453 e. The second kappa shape index (κ2) is 14.4. The zero-order valence-electron chi connectivity index (χ0n) is 28.7. The SMILES string of the molecule is C=C(NC(=O)OC)c1ccccc1-c1ccc(Cc2c(CCC)n3ncnc3n(C(C)Cc3cnn(CC(C)(C)O)c3CC)c2=O)cc1. The van der Waals surface area contributed by atoms with Gasteiger partial charge in [0.2, 0.25) is 5.78 Å². The van der Waals surface area contributed by atoms with Crippen LogP contribution in [0.5, 0.6) is 0 Å². The first-order valence-electron chi connectivity index (χ1n) is 16.4. The molecule has 1 atom stereocenters. The van der Waals surface area contributed by atoms with Crippen LogP contribution in [-0.2, 0) is 37.0 Å². The van der Waals surface area contributed by atoms with Crippen molar-refractivity contribution < 1.29 is 14.6 Å². The molecule has 11 heteroatoms. The number of hydrogen-bond acceptors (Lipinski definition) is 7. The van der Waals surface area contributed by atoms with Crippen LogP contribution in [0.1, 0.15) is 80.7 Å². The van der Waals surface area contributed by atoms with Crippen molar-refractivity contribution in [1.29, 1.82) is 0 Å². The van der Waals surface area contributed by atoms with Crippen molar-refractivity contribution in [1.82, 2.24) is 34.3 Å². The lowest BCUT2D eigenvalue weighted by Crippen LogP contribution is -2.32. The molecular formula is C37H45N7O4. The maximum Gasteiger partial charge on any atom is 0.411 e. The van der Waals surface area contributed by atoms with Gasteiger partial charge in [-0.15, -0.1) is 0 Å². The second-order valence-corrected chi connectivity index (χ2v) is 12.8. The molecule has 48 heavy (non-hydrogen) atoms. The molecule has 5 aromatic rings. The summed E-state index contributed by atoms with van der Waals surface area (Å²) in [6.07, 6.45) is 6.07. The number of ether oxygens (including phenoxy) is 1. The van der Waals surface area contributed by atoms with E-state index in [1.54, 1.807) is 18.4 Å². The van der Waals surface area contributed by atoms with E-state index < -0.39 is 11.7 Å². The molecule has 0 aliphatic rings. The third kappa shape index (κ3) is 7.26. The van der Waals surface area contributed by atoms with E-state index >= 15 is 0 Å². The number of aliphatic hydroxyl groups is 1. The quantitative estimate of drug-likeness (QED) is 0.166. The summed E-state index contributed by atoms with van der Waals surface area (Å²) in [6, 6.07) is 15.6. The monoisotopic (exact) mass is 651 g/mol. The Morgan fingerprint density at radius 2 is 1.81 bits per heavy atom. The summed E-state index contributed by atoms with van der Waals surface area (Å²) in [7, 11) is 1.31. The first kappa shape index (κ1) is 34.3. The number of fused-ring (bicyclic) bond motifs is 1. The number of alkyl carbamates (subject to hydrolysis) is 1. The van der Waals surface area contributed by atoms with E-state index in [-0.39, 0.29) is 11.6 Å². The minimum Gasteiger partial charge on any atom is -0.453 e. The van der Waals surface area contributed by atoms with Gasteiger partial charge in [0.15, 0.2) is 0 Å². The van der Waals surface area contributed by atoms with Gasteiger partial charge in [-0.1, -0.05) is 75.4 Å². The maximum atomic E-state index is 14.5. The minimum atomic E-state index is -0.897. The molecule has 3 heterocycles. The van der Waals surface area contributed by atoms with Gasteiger partial charge in [-0.25, -0.2) is 9.31 Å². The topological polar surface area (TPSA) is 129 Å². The van der Waals surface area contributed by atoms with E-state index in [1.807, 2.05) is 70.8 Å². The minimum absolute atomic E-state index is 0.0759. The molecule has 11 nitrogen and oxygen atoms in total. The summed E-state index contributed by atoms with van der Waals surface area (Å²) in [4.78, 5) is 30.8. The standard InChI is InChI=1S/C37H45N7O4/c1-8-12-33-31(20-26-15-17-27(18-16-26)30-14-11-10-13-29(30)25(4)41-36(46)48-7)34(45)43(35-38-23-40-44(33)35)24(3)19-28-21-39-42(32(28)9-2)22-37(5,6)47/h10-11,13-18,21,23-24,47H,4,8-9,12,19-20,22H2,1-3,5-7H3,(H,41,46). The molecule has 2 N–H and O–H groups in total. The lowest BCUT2D eigenvalue weighted by atomic mass is 9.95. The zero-order valence-corrected chi connectivity index (χ0v) is 28.7. The molecule has 0 aliphatic heterocycles. The Kier molecular flexibility index (Phi) is 10.3. The summed E-state index contributed by atoms with van der Waals surface area (Å²) < 4.78 is 10.2. The van der Waals surface area contributed by atoms with Crippen LogP contribution >= 0.6 is 0 Å². The highest BCUT2D eigenvalue weighted by atomic mass is 16.5. The molecule has 0 fully saturated rings. The Balaban J connectivity index is 1.50. The Morgan fingerprint density at radius 3 is 2.48 bits per heavy atom. The molecule has 0 aliphatic carbocycles. The van der Waals surface area contributed by atoms with Crippen LogP contribution in [0.25, 0.3) is 22.6 Å². The van der Waals surface area contributed by atoms with Gasteiger partial charge in [0.05, 0.1) is 31.1 Å². The molecule has 2 aromatic carbocycles. The Bertz CT molecular complexity index is 1980. The highest BCUT2D eigenvalue weighted by molar-refractivity contribution is 5.86. The number of methoxy groups -OCH3 is 1. The predicted octanol–water partition coefficient (Wildman–Crippen LogP) is 5.76. The summed E-state index contributed by atoms with van der Waals surface area (Å²) in [5, 5.41) is 22.2. The molecule has 5 rings (SSSR count). The number of rotatable bonds is 13. The number of aryl methyl sites for hydroxylation is 1. The fourth-order valence-corrected chi connectivity index (χ4v) is 6.33. The molecule has 1 unspecified atom stereocenters. The normalized spacial score (nSPS) is 12.3. The number of aromatic nitrogens is 6. The van der Waals surface area contributed by atoms with Crippen molar-refractivity contribution in [2.45, 2.75) is 84.9 Å². The van der Waals surface area contributed by atoms with Gasteiger partial charge in [-0.05, 0) is 62.3 Å². The number of amides is 1. The Hall–Kier alpha value is -5.03. The van der Waals surface area contributed by atoms with Crippen LogP contribution in [0.4, 0.5) is 4.79 Å². The van der Waals surface area contributed by atoms with Gasteiger partial charge in [0, 0.05) is 35.0 Å². The van der Waals surface area contributed by atoms with Gasteiger partial charge < -0.3 is 9.84 Å². The summed E-state index contributed by atoms with van der Waals surface area (Å²) in [5.74, 6) is 0.523. The Morgan fingerprint density at radius 1 is 1.08 bits per heavy atom. The summed E-state index contributed by atoms with van der Waals surface area (Å²) >= 11 is 0. The van der Waals surface area contributed by atoms with Crippen LogP contribution in [-0.4, -0.2) is 52.9 Å². The van der Waals surface area contributed by atoms with Gasteiger partial charge in [-0.3, -0.25) is 19.4 Å². The molecule has 0 radical (unpaired) electrons. The average Bonchev–Trinajstić information content (AvgIpc) is 3.68. The molecule has 252 valence electrons. The smallest absolute Gasteiger partial charge is 0.411 e. The first-order chi connectivity index (χ1) is 22.9. The summed E-state index contributed by atoms with van der Waals surface area (Å²) in [6.45, 7) is 14.1. The number of carbonyl (C=O) groups is 1. The third-order valence-electron chi connectivity index (χ3n) is 8.51. The van der Waals surface area contributed by atoms with Gasteiger partial charge >= 0.3 is 6.09 Å². The van der Waals surface area contributed by atoms with E-state index in [2.05, 4.69) is 40.9 Å². The number of benzene rings is 2. The van der Waals surface area contributed by atoms with Crippen molar-refractivity contribution in [3.8, 4) is 11.1 Å². The fraction of sp³-hybridized carbons (Fsp3) is 0.378. The van der Waals surface area contributed by atoms with E-state index in [0.29, 0.717) is 42.8 Å². The van der Waals surface area contributed by atoms with Crippen molar-refractivity contribution in [2.24, 2.45) is 0 Å². The third-order valence-corrected chi connectivity index (χ3v) is 8.51. The molecule has 0 spiro atoms. The number of nitrogens with zero attached hydrogens (tertiary/aromatic N) is 6. The Labute approximate surface area is 280 Å². The number of nitrogens with one attached hydrogen (secondary N) is 1. The molecule has 0 saturated heterocycles. The van der Waals surface area contributed by atoms with Crippen LogP contribution < -0.4 is 10.9 Å². The van der Waals surface area contributed by atoms with Crippen molar-refractivity contribution >= 4 is 17.6 Å². The van der Waals surface area contributed by atoms with E-state index in [1.165, 1.54) is 13.4 Å². The van der Waals surface area contributed by atoms with Crippen LogP contribution in [0.2, 0.25) is 0 Å². The number of hydrogen-bond donors (Lipinski definition) is 2. The molecular weight excluding hydrogens is 606 g/mol. The first-order valence-corrected chi connectivity index (χ1v) is 16.4. The van der Waals surface area contributed by atoms with Gasteiger partial charge in [0.1, 0.15) is 6.33 Å². The molecule has 0 bridgehead atoms. The lowest BCUT2D eigenvalue weighted by Gasteiger charge is -2.21. The summed E-state index contributed by atoms with van der Waals surface area (Å²) in [5.41, 5.74) is 6.74. The van der Waals surface area contributed by atoms with Crippen LogP contribution in [0.3, 0.4) is 0 Å². The lowest BCUT2D eigenvalue weighted by molar-refractivity contribution is 0.0568. The number of carbonyl (C=O) groups excluding carboxylic acids is 1. The van der Waals surface area contributed by atoms with E-state index in [9.17, 15) is 14.7 Å². The van der Waals surface area contributed by atoms with Crippen molar-refractivity contribution in [3.63, 3.8) is 0 Å². The van der Waals surface area contributed by atoms with Crippen LogP contribution in [0.15, 0.2) is 72.4 Å². The molecule has 1 amide bonds. The van der Waals surface area contributed by atoms with E-state index in [0.717, 1.165) is 52.0 Å². The van der Waals surface area contributed by atoms with E-state index in [4.69, 9.17) is 4.74 Å². The fourth-order valence-electron chi connectivity index (χ4n) is 6.33. The highest BCUT2D eigenvalue weighted by Crippen LogP contribution is 2.29. The maximum absolute atomic E-state index is 14.5. The zero-order chi connectivity index (χ0) is 34.6. The van der Waals surface area contributed by atoms with Crippen LogP contribution in [0, 0.1) is 0 Å². The van der Waals surface area contributed by atoms with Crippen molar-refractivity contribution in [3.05, 3.63) is 112 Å².